The fourth-order valence-corrected chi connectivity index (χ4v) is 3.29. The Hall–Kier alpha value is -3.45. The molecule has 0 aliphatic carbocycles. The zero-order chi connectivity index (χ0) is 19.8. The molecule has 6 nitrogen and oxygen atoms in total. The summed E-state index contributed by atoms with van der Waals surface area (Å²) in [6.07, 6.45) is 4.29. The van der Waals surface area contributed by atoms with Crippen LogP contribution in [-0.2, 0) is 9.59 Å². The normalized spacial score (nSPS) is 18.6. The van der Waals surface area contributed by atoms with Crippen LogP contribution in [0.2, 0.25) is 5.02 Å². The lowest BCUT2D eigenvalue weighted by molar-refractivity contribution is -0.132. The second-order valence-electron chi connectivity index (χ2n) is 6.02. The summed E-state index contributed by atoms with van der Waals surface area (Å²) < 4.78 is 19.0. The number of amides is 1. The zero-order valence-electron chi connectivity index (χ0n) is 14.2. The number of aliphatic hydroxyl groups is 1. The number of benzene rings is 1. The molecule has 1 aliphatic rings. The van der Waals surface area contributed by atoms with Crippen LogP contribution in [0.25, 0.3) is 5.76 Å². The van der Waals surface area contributed by atoms with Crippen LogP contribution in [0.4, 0.5) is 10.1 Å². The zero-order valence-corrected chi connectivity index (χ0v) is 14.9. The van der Waals surface area contributed by atoms with E-state index < -0.39 is 23.5 Å². The Morgan fingerprint density at radius 3 is 2.57 bits per heavy atom. The number of carbonyl (C=O) groups excluding carboxylic acids is 2. The van der Waals surface area contributed by atoms with E-state index in [0.29, 0.717) is 5.56 Å². The van der Waals surface area contributed by atoms with Crippen LogP contribution in [0.5, 0.6) is 0 Å². The molecule has 140 valence electrons. The van der Waals surface area contributed by atoms with E-state index in [1.807, 2.05) is 0 Å². The number of aromatic nitrogens is 1. The van der Waals surface area contributed by atoms with Gasteiger partial charge in [0.15, 0.2) is 0 Å². The molecule has 1 fully saturated rings. The van der Waals surface area contributed by atoms with E-state index in [0.717, 1.165) is 11.0 Å². The van der Waals surface area contributed by atoms with E-state index >= 15 is 0 Å². The molecule has 1 unspecified atom stereocenters. The molecule has 4 rings (SSSR count). The van der Waals surface area contributed by atoms with Crippen molar-refractivity contribution in [1.82, 2.24) is 4.98 Å². The topological polar surface area (TPSA) is 83.6 Å². The molecule has 0 saturated carbocycles. The van der Waals surface area contributed by atoms with Crippen LogP contribution in [0, 0.1) is 5.82 Å². The summed E-state index contributed by atoms with van der Waals surface area (Å²) in [5, 5.41) is 10.6. The third kappa shape index (κ3) is 2.86. The Kier molecular flexibility index (Phi) is 4.44. The van der Waals surface area contributed by atoms with Crippen molar-refractivity contribution in [2.24, 2.45) is 0 Å². The molecule has 1 aromatic carbocycles. The molecule has 28 heavy (non-hydrogen) atoms. The molecule has 1 aliphatic heterocycles. The van der Waals surface area contributed by atoms with Crippen molar-refractivity contribution >= 4 is 34.7 Å². The minimum atomic E-state index is -1.04. The number of carbonyl (C=O) groups is 2. The van der Waals surface area contributed by atoms with Crippen LogP contribution < -0.4 is 4.90 Å². The number of aliphatic hydroxyl groups excluding tert-OH is 1. The van der Waals surface area contributed by atoms with E-state index in [4.69, 9.17) is 16.0 Å². The fraction of sp³-hybridized carbons (Fsp3) is 0.0500. The summed E-state index contributed by atoms with van der Waals surface area (Å²) >= 11 is 5.85. The highest BCUT2D eigenvalue weighted by Gasteiger charge is 2.48. The van der Waals surface area contributed by atoms with Crippen molar-refractivity contribution in [1.29, 1.82) is 0 Å². The SMILES string of the molecule is O=C1C(=O)N(c2ccc(F)c(Cl)c2)C(c2ccco2)/C1=C(/O)c1ccncc1. The lowest BCUT2D eigenvalue weighted by Gasteiger charge is -2.23. The fourth-order valence-electron chi connectivity index (χ4n) is 3.12. The summed E-state index contributed by atoms with van der Waals surface area (Å²) in [5.74, 6) is -2.54. The first kappa shape index (κ1) is 17.9. The summed E-state index contributed by atoms with van der Waals surface area (Å²) in [6, 6.07) is 8.82. The highest BCUT2D eigenvalue weighted by molar-refractivity contribution is 6.51. The molecule has 3 heterocycles. The largest absolute Gasteiger partial charge is 0.507 e. The lowest BCUT2D eigenvalue weighted by atomic mass is 9.99. The third-order valence-electron chi connectivity index (χ3n) is 4.39. The predicted molar refractivity (Wildman–Crippen MR) is 99.1 cm³/mol. The van der Waals surface area contributed by atoms with Gasteiger partial charge in [-0.15, -0.1) is 0 Å². The van der Waals surface area contributed by atoms with Crippen LogP contribution in [0.1, 0.15) is 17.4 Å². The molecule has 0 bridgehead atoms. The van der Waals surface area contributed by atoms with Gasteiger partial charge in [-0.3, -0.25) is 19.5 Å². The van der Waals surface area contributed by atoms with Crippen molar-refractivity contribution < 1.29 is 23.5 Å². The van der Waals surface area contributed by atoms with Crippen molar-refractivity contribution in [2.45, 2.75) is 6.04 Å². The molecule has 0 radical (unpaired) electrons. The van der Waals surface area contributed by atoms with Gasteiger partial charge in [-0.25, -0.2) is 4.39 Å². The third-order valence-corrected chi connectivity index (χ3v) is 4.68. The van der Waals surface area contributed by atoms with Gasteiger partial charge in [0.25, 0.3) is 11.7 Å². The molecule has 1 N–H and O–H groups in total. The number of ketones is 1. The number of rotatable bonds is 3. The molecule has 3 aromatic rings. The van der Waals surface area contributed by atoms with Gasteiger partial charge in [-0.2, -0.15) is 0 Å². The summed E-state index contributed by atoms with van der Waals surface area (Å²) in [7, 11) is 0. The van der Waals surface area contributed by atoms with E-state index in [9.17, 15) is 19.1 Å². The van der Waals surface area contributed by atoms with Gasteiger partial charge in [-0.05, 0) is 42.5 Å². The van der Waals surface area contributed by atoms with Crippen molar-refractivity contribution in [3.63, 3.8) is 0 Å². The minimum Gasteiger partial charge on any atom is -0.507 e. The average Bonchev–Trinajstić information content (AvgIpc) is 3.32. The number of anilines is 1. The number of pyridine rings is 1. The molecular weight excluding hydrogens is 387 g/mol. The van der Waals surface area contributed by atoms with Crippen molar-refractivity contribution in [2.75, 3.05) is 4.90 Å². The van der Waals surface area contributed by atoms with E-state index in [2.05, 4.69) is 4.98 Å². The monoisotopic (exact) mass is 398 g/mol. The Morgan fingerprint density at radius 2 is 1.93 bits per heavy atom. The van der Waals surface area contributed by atoms with Gasteiger partial charge in [-0.1, -0.05) is 11.6 Å². The number of halogens is 2. The first-order chi connectivity index (χ1) is 13.5. The molecule has 1 atom stereocenters. The second-order valence-corrected chi connectivity index (χ2v) is 6.43. The van der Waals surface area contributed by atoms with Crippen LogP contribution in [0.3, 0.4) is 0 Å². The van der Waals surface area contributed by atoms with E-state index in [1.165, 1.54) is 42.9 Å². The number of hydrogen-bond acceptors (Lipinski definition) is 5. The van der Waals surface area contributed by atoms with Gasteiger partial charge in [0.2, 0.25) is 0 Å². The van der Waals surface area contributed by atoms with Gasteiger partial charge in [0, 0.05) is 23.6 Å². The van der Waals surface area contributed by atoms with Gasteiger partial charge in [0.05, 0.1) is 16.9 Å². The number of nitrogens with zero attached hydrogens (tertiary/aromatic N) is 2. The first-order valence-corrected chi connectivity index (χ1v) is 8.56. The second kappa shape index (κ2) is 6.94. The molecule has 1 amide bonds. The van der Waals surface area contributed by atoms with Crippen molar-refractivity contribution in [3.8, 4) is 0 Å². The average molecular weight is 399 g/mol. The summed E-state index contributed by atoms with van der Waals surface area (Å²) in [6.45, 7) is 0. The van der Waals surface area contributed by atoms with Crippen LogP contribution >= 0.6 is 11.6 Å². The number of hydrogen-bond donors (Lipinski definition) is 1. The molecule has 0 spiro atoms. The van der Waals surface area contributed by atoms with Crippen LogP contribution in [0.15, 0.2) is 71.1 Å². The van der Waals surface area contributed by atoms with E-state index in [-0.39, 0.29) is 27.8 Å². The van der Waals surface area contributed by atoms with Crippen molar-refractivity contribution in [3.05, 3.63) is 88.9 Å². The molecule has 1 saturated heterocycles. The quantitative estimate of drug-likeness (QED) is 0.408. The molecule has 2 aromatic heterocycles. The molecular formula is C20H12ClFN2O4. The maximum Gasteiger partial charge on any atom is 0.300 e. The maximum atomic E-state index is 13.6. The summed E-state index contributed by atoms with van der Waals surface area (Å²) in [4.78, 5) is 30.6. The lowest BCUT2D eigenvalue weighted by Crippen LogP contribution is -2.29. The highest BCUT2D eigenvalue weighted by Crippen LogP contribution is 2.42. The number of furan rings is 1. The summed E-state index contributed by atoms with van der Waals surface area (Å²) in [5.41, 5.74) is 0.372. The number of Topliss-reactive ketones (excluding diaryl/α,β-unsaturated/α-hetero) is 1. The van der Waals surface area contributed by atoms with Gasteiger partial charge < -0.3 is 9.52 Å². The standard InChI is InChI=1S/C20H12ClFN2O4/c21-13-10-12(3-4-14(13)22)24-17(15-2-1-9-28-15)16(19(26)20(24)27)18(25)11-5-7-23-8-6-11/h1-10,17,25H/b18-16-. The Balaban J connectivity index is 1.93. The van der Waals surface area contributed by atoms with Gasteiger partial charge in [0.1, 0.15) is 23.4 Å². The Morgan fingerprint density at radius 1 is 1.18 bits per heavy atom. The first-order valence-electron chi connectivity index (χ1n) is 8.19. The minimum absolute atomic E-state index is 0.147. The molecule has 8 heteroatoms. The van der Waals surface area contributed by atoms with E-state index in [1.54, 1.807) is 12.1 Å². The van der Waals surface area contributed by atoms with Crippen LogP contribution in [-0.4, -0.2) is 21.8 Å². The maximum absolute atomic E-state index is 13.6. The Bertz CT molecular complexity index is 1100. The predicted octanol–water partition coefficient (Wildman–Crippen LogP) is 4.09. The Labute approximate surface area is 163 Å². The van der Waals surface area contributed by atoms with Gasteiger partial charge >= 0.3 is 0 Å². The smallest absolute Gasteiger partial charge is 0.300 e. The highest BCUT2D eigenvalue weighted by atomic mass is 35.5.